The molecule has 14 heteroatoms. The largest absolute Gasteiger partial charge is 0.373 e. The van der Waals surface area contributed by atoms with Crippen LogP contribution >= 0.6 is 0 Å². The fourth-order valence-electron chi connectivity index (χ4n) is 9.03. The second kappa shape index (κ2) is 15.3. The van der Waals surface area contributed by atoms with Gasteiger partial charge in [0, 0.05) is 79.9 Å². The number of aryl methyl sites for hydroxylation is 4. The predicted molar refractivity (Wildman–Crippen MR) is 221 cm³/mol. The number of carbonyl (C=O) groups excluding carboxylic acids is 3. The summed E-state index contributed by atoms with van der Waals surface area (Å²) in [4.78, 5) is 51.5. The molecule has 2 atom stereocenters. The predicted octanol–water partition coefficient (Wildman–Crippen LogP) is 4.99. The molecule has 298 valence electrons. The average Bonchev–Trinajstić information content (AvgIpc) is 3.46. The zero-order valence-electron chi connectivity index (χ0n) is 32.7. The van der Waals surface area contributed by atoms with Gasteiger partial charge >= 0.3 is 0 Å². The van der Waals surface area contributed by atoms with E-state index in [-0.39, 0.29) is 29.0 Å². The van der Waals surface area contributed by atoms with Crippen LogP contribution in [-0.2, 0) is 17.8 Å². The van der Waals surface area contributed by atoms with Crippen LogP contribution in [-0.4, -0.2) is 85.9 Å². The fourth-order valence-corrected chi connectivity index (χ4v) is 9.03. The number of rotatable bonds is 8. The van der Waals surface area contributed by atoms with Crippen LogP contribution in [0.5, 0.6) is 0 Å². The van der Waals surface area contributed by atoms with Crippen LogP contribution in [0.15, 0.2) is 72.9 Å². The van der Waals surface area contributed by atoms with Gasteiger partial charge in [0.2, 0.25) is 5.91 Å². The summed E-state index contributed by atoms with van der Waals surface area (Å²) in [5.41, 5.74) is 14.6. The molecule has 5 aromatic rings. The minimum absolute atomic E-state index is 0.0511. The lowest BCUT2D eigenvalue weighted by Crippen LogP contribution is -2.53. The van der Waals surface area contributed by atoms with Gasteiger partial charge in [0.05, 0.1) is 0 Å². The smallest absolute Gasteiger partial charge is 0.275 e. The number of primary amides is 1. The Morgan fingerprint density at radius 1 is 0.931 bits per heavy atom. The maximum absolute atomic E-state index is 13.0. The summed E-state index contributed by atoms with van der Waals surface area (Å²) in [5, 5.41) is 24.1. The number of hydrogen-bond donors (Lipinski definition) is 5. The van der Waals surface area contributed by atoms with Gasteiger partial charge in [-0.05, 0) is 104 Å². The van der Waals surface area contributed by atoms with E-state index < -0.39 is 12.1 Å². The zero-order valence-corrected chi connectivity index (χ0v) is 32.7. The molecule has 3 aromatic heterocycles. The molecule has 14 nitrogen and oxygen atoms in total. The molecule has 6 N–H and O–H groups in total. The van der Waals surface area contributed by atoms with E-state index in [0.717, 1.165) is 61.5 Å². The number of pyridine rings is 2. The quantitative estimate of drug-likeness (QED) is 0.144. The number of nitrogens with two attached hydrogens (primary N) is 1. The third-order valence-electron chi connectivity index (χ3n) is 12.3. The molecule has 0 spiro atoms. The van der Waals surface area contributed by atoms with Crippen LogP contribution in [0, 0.1) is 13.8 Å². The minimum atomic E-state index is -0.817. The molecule has 1 aliphatic carbocycles. The lowest BCUT2D eigenvalue weighted by molar-refractivity contribution is -0.127. The monoisotopic (exact) mass is 780 g/mol. The number of aromatic nitrogens is 4. The molecule has 3 fully saturated rings. The van der Waals surface area contributed by atoms with Gasteiger partial charge in [0.1, 0.15) is 34.8 Å². The van der Waals surface area contributed by atoms with Crippen LogP contribution in [0.1, 0.15) is 86.3 Å². The molecule has 1 unspecified atom stereocenters. The molecule has 2 saturated heterocycles. The Labute approximate surface area is 336 Å². The number of carbonyl (C=O) groups is 3. The van der Waals surface area contributed by atoms with E-state index in [0.29, 0.717) is 66.2 Å². The SMILES string of the molecule is Cc1cccc(NC(=O)c2ncc(-c3nn4c(c3C(N)=O)Nc3ccc(N5CCN(C6CC(c7ccc([C@H]8CCC(=O)NC8O)cc7)C6)CC5)cc3CC4)cc2C)n1. The molecule has 0 bridgehead atoms. The fraction of sp³-hybridized carbons (Fsp3) is 0.364. The van der Waals surface area contributed by atoms with Crippen LogP contribution in [0.2, 0.25) is 0 Å². The first-order valence-corrected chi connectivity index (χ1v) is 20.2. The number of nitrogens with zero attached hydrogens (tertiary/aromatic N) is 6. The van der Waals surface area contributed by atoms with Crippen LogP contribution in [0.25, 0.3) is 11.3 Å². The number of aliphatic hydroxyl groups excluding tert-OH is 1. The molecule has 2 aromatic carbocycles. The van der Waals surface area contributed by atoms with E-state index in [4.69, 9.17) is 10.8 Å². The van der Waals surface area contributed by atoms with Crippen molar-refractivity contribution in [2.45, 2.75) is 76.6 Å². The number of amides is 3. The third kappa shape index (κ3) is 7.29. The highest BCUT2D eigenvalue weighted by atomic mass is 16.3. The van der Waals surface area contributed by atoms with E-state index in [9.17, 15) is 19.5 Å². The Balaban J connectivity index is 0.821. The second-order valence-electron chi connectivity index (χ2n) is 16.1. The van der Waals surface area contributed by atoms with Gasteiger partial charge in [-0.1, -0.05) is 30.3 Å². The number of benzene rings is 2. The Kier molecular flexibility index (Phi) is 9.90. The Morgan fingerprint density at radius 3 is 2.43 bits per heavy atom. The van der Waals surface area contributed by atoms with Crippen LogP contribution in [0.3, 0.4) is 0 Å². The summed E-state index contributed by atoms with van der Waals surface area (Å²) in [6.45, 7) is 8.14. The number of hydrogen-bond acceptors (Lipinski definition) is 10. The first-order chi connectivity index (χ1) is 28.1. The van der Waals surface area contributed by atoms with Crippen molar-refractivity contribution in [1.82, 2.24) is 30.0 Å². The van der Waals surface area contributed by atoms with E-state index in [2.05, 4.69) is 78.2 Å². The number of fused-ring (bicyclic) bond motifs is 2. The summed E-state index contributed by atoms with van der Waals surface area (Å²) >= 11 is 0. The van der Waals surface area contributed by atoms with Crippen molar-refractivity contribution in [3.8, 4) is 11.3 Å². The lowest BCUT2D eigenvalue weighted by atomic mass is 9.74. The maximum atomic E-state index is 13.0. The second-order valence-corrected chi connectivity index (χ2v) is 16.1. The summed E-state index contributed by atoms with van der Waals surface area (Å²) in [6, 6.07) is 22.9. The highest BCUT2D eigenvalue weighted by Crippen LogP contribution is 2.42. The molecule has 58 heavy (non-hydrogen) atoms. The first-order valence-electron chi connectivity index (χ1n) is 20.2. The van der Waals surface area contributed by atoms with Crippen molar-refractivity contribution in [3.05, 3.63) is 112 Å². The average molecular weight is 781 g/mol. The number of anilines is 4. The third-order valence-corrected chi connectivity index (χ3v) is 12.3. The van der Waals surface area contributed by atoms with Gasteiger partial charge in [-0.3, -0.25) is 24.3 Å². The van der Waals surface area contributed by atoms with E-state index in [1.54, 1.807) is 29.9 Å². The zero-order chi connectivity index (χ0) is 40.1. The Bertz CT molecular complexity index is 2400. The van der Waals surface area contributed by atoms with Crippen molar-refractivity contribution >= 4 is 40.7 Å². The Morgan fingerprint density at radius 2 is 1.71 bits per heavy atom. The van der Waals surface area contributed by atoms with Crippen LogP contribution in [0.4, 0.5) is 23.0 Å². The van der Waals surface area contributed by atoms with Gasteiger partial charge < -0.3 is 31.7 Å². The molecule has 3 aliphatic heterocycles. The highest BCUT2D eigenvalue weighted by Gasteiger charge is 2.36. The summed E-state index contributed by atoms with van der Waals surface area (Å²) in [7, 11) is 0. The maximum Gasteiger partial charge on any atom is 0.275 e. The Hall–Kier alpha value is -6.12. The number of aliphatic hydroxyl groups is 1. The standard InChI is InChI=1S/C44H48N10O4/c1-25-20-31(24-46-39(25)44(58)49-36-5-3-4-26(2)47-36)40-38(41(45)56)42-48-35-12-10-32(21-29(35)14-15-54(42)51-40)52-16-18-53(19-17-52)33-22-30(23-33)27-6-8-28(9-7-27)34-11-13-37(55)50-43(34)57/h3-10,12,20-21,24,30,33-34,43,48,57H,11,13-19,22-23H2,1-2H3,(H2,45,56)(H,50,55)(H,47,49,58)/t30?,33?,34-,43?/m1/s1. The summed E-state index contributed by atoms with van der Waals surface area (Å²) in [5.74, 6) is 0.424. The van der Waals surface area contributed by atoms with Crippen molar-refractivity contribution < 1.29 is 19.5 Å². The van der Waals surface area contributed by atoms with E-state index >= 15 is 0 Å². The number of piperidine rings is 1. The van der Waals surface area contributed by atoms with Crippen molar-refractivity contribution in [2.24, 2.45) is 5.73 Å². The molecular formula is C44H48N10O4. The number of piperazine rings is 1. The molecule has 3 amide bonds. The summed E-state index contributed by atoms with van der Waals surface area (Å²) in [6.07, 6.45) is 4.88. The normalized spacial score (nSPS) is 21.8. The van der Waals surface area contributed by atoms with Crippen molar-refractivity contribution in [2.75, 3.05) is 41.7 Å². The topological polar surface area (TPSA) is 184 Å². The molecule has 6 heterocycles. The summed E-state index contributed by atoms with van der Waals surface area (Å²) < 4.78 is 1.80. The van der Waals surface area contributed by atoms with Gasteiger partial charge in [-0.25, -0.2) is 9.67 Å². The molecule has 4 aliphatic rings. The van der Waals surface area contributed by atoms with Gasteiger partial charge in [-0.15, -0.1) is 0 Å². The first kappa shape index (κ1) is 37.5. The lowest BCUT2D eigenvalue weighted by Gasteiger charge is -2.47. The van der Waals surface area contributed by atoms with Crippen molar-refractivity contribution in [3.63, 3.8) is 0 Å². The number of nitrogens with one attached hydrogen (secondary N) is 3. The van der Waals surface area contributed by atoms with Gasteiger partial charge in [-0.2, -0.15) is 5.10 Å². The van der Waals surface area contributed by atoms with E-state index in [1.165, 1.54) is 11.3 Å². The van der Waals surface area contributed by atoms with Gasteiger partial charge in [0.15, 0.2) is 0 Å². The van der Waals surface area contributed by atoms with Crippen LogP contribution < -0.4 is 26.6 Å². The van der Waals surface area contributed by atoms with Crippen molar-refractivity contribution in [1.29, 1.82) is 0 Å². The molecule has 9 rings (SSSR count). The molecule has 1 saturated carbocycles. The highest BCUT2D eigenvalue weighted by molar-refractivity contribution is 6.06. The minimum Gasteiger partial charge on any atom is -0.373 e. The molecular weight excluding hydrogens is 733 g/mol. The van der Waals surface area contributed by atoms with Gasteiger partial charge in [0.25, 0.3) is 11.8 Å². The molecule has 0 radical (unpaired) electrons. The van der Waals surface area contributed by atoms with E-state index in [1.807, 2.05) is 19.1 Å².